The minimum absolute atomic E-state index is 0.0698. The number of hydrogen-bond acceptors (Lipinski definition) is 9. The molecule has 3 aliphatic heterocycles. The number of phenolic OH excluding ortho intramolecular Hbond substituents is 1. The first kappa shape index (κ1) is 26.1. The number of piperidine rings is 1. The molecule has 1 atom stereocenters. The molecule has 218 valence electrons. The highest BCUT2D eigenvalue weighted by Gasteiger charge is 2.50. The molecule has 10 heteroatoms. The van der Waals surface area contributed by atoms with Crippen LogP contribution in [0.1, 0.15) is 54.5 Å². The van der Waals surface area contributed by atoms with Crippen molar-refractivity contribution in [3.63, 3.8) is 0 Å². The number of phenols is 1. The van der Waals surface area contributed by atoms with Crippen LogP contribution in [0.2, 0.25) is 0 Å². The summed E-state index contributed by atoms with van der Waals surface area (Å²) in [5.41, 5.74) is 6.21. The zero-order valence-corrected chi connectivity index (χ0v) is 24.1. The molecule has 1 saturated carbocycles. The fourth-order valence-corrected chi connectivity index (χ4v) is 7.83. The number of aromatic hydroxyl groups is 1. The second-order valence-corrected chi connectivity index (χ2v) is 12.7. The normalized spacial score (nSPS) is 22.7. The van der Waals surface area contributed by atoms with Crippen molar-refractivity contribution in [3.8, 4) is 17.0 Å². The van der Waals surface area contributed by atoms with Crippen molar-refractivity contribution in [2.24, 2.45) is 5.41 Å². The maximum Gasteiger partial charge on any atom is 0.225 e. The quantitative estimate of drug-likeness (QED) is 0.321. The third kappa shape index (κ3) is 4.35. The lowest BCUT2D eigenvalue weighted by Crippen LogP contribution is -2.65. The Kier molecular flexibility index (Phi) is 6.38. The number of aromatic amines is 1. The first-order valence-corrected chi connectivity index (χ1v) is 15.3. The van der Waals surface area contributed by atoms with Crippen LogP contribution in [0.25, 0.3) is 22.3 Å². The molecule has 0 amide bonds. The van der Waals surface area contributed by atoms with Gasteiger partial charge in [-0.25, -0.2) is 9.97 Å². The topological polar surface area (TPSA) is 115 Å². The van der Waals surface area contributed by atoms with E-state index in [9.17, 15) is 5.11 Å². The molecule has 3 fully saturated rings. The molecule has 4 aliphatic rings. The van der Waals surface area contributed by atoms with E-state index in [0.29, 0.717) is 29.2 Å². The van der Waals surface area contributed by atoms with Crippen LogP contribution in [0, 0.1) is 5.41 Å². The van der Waals surface area contributed by atoms with Gasteiger partial charge in [0.05, 0.1) is 18.3 Å². The minimum atomic E-state index is -0.0698. The van der Waals surface area contributed by atoms with Crippen molar-refractivity contribution in [1.82, 2.24) is 35.4 Å². The number of nitrogens with zero attached hydrogens (tertiary/aromatic N) is 6. The van der Waals surface area contributed by atoms with Gasteiger partial charge >= 0.3 is 0 Å². The number of nitrogens with one attached hydrogen (secondary N) is 2. The Morgan fingerprint density at radius 1 is 1.05 bits per heavy atom. The van der Waals surface area contributed by atoms with Crippen molar-refractivity contribution in [3.05, 3.63) is 59.5 Å². The minimum Gasteiger partial charge on any atom is -0.507 e. The molecular formula is C32H38N8O2. The third-order valence-electron chi connectivity index (χ3n) is 10.3. The van der Waals surface area contributed by atoms with Crippen molar-refractivity contribution in [2.45, 2.75) is 50.1 Å². The number of methoxy groups -OCH3 is 1. The van der Waals surface area contributed by atoms with Crippen LogP contribution >= 0.6 is 0 Å². The molecule has 4 aromatic rings. The molecular weight excluding hydrogens is 528 g/mol. The van der Waals surface area contributed by atoms with Crippen molar-refractivity contribution >= 4 is 17.0 Å². The maximum atomic E-state index is 10.4. The molecule has 10 nitrogen and oxygen atoms in total. The van der Waals surface area contributed by atoms with E-state index in [2.05, 4.69) is 42.7 Å². The largest absolute Gasteiger partial charge is 0.507 e. The van der Waals surface area contributed by atoms with Crippen molar-refractivity contribution in [1.29, 1.82) is 0 Å². The third-order valence-corrected chi connectivity index (χ3v) is 10.3. The second kappa shape index (κ2) is 10.3. The van der Waals surface area contributed by atoms with E-state index < -0.39 is 0 Å². The summed E-state index contributed by atoms with van der Waals surface area (Å²) in [7, 11) is 1.73. The number of benzene rings is 1. The van der Waals surface area contributed by atoms with Gasteiger partial charge in [0.25, 0.3) is 0 Å². The highest BCUT2D eigenvalue weighted by molar-refractivity contribution is 5.86. The molecule has 8 rings (SSSR count). The molecule has 3 aromatic heterocycles. The zero-order chi connectivity index (χ0) is 28.3. The van der Waals surface area contributed by atoms with Crippen LogP contribution in [0.4, 0.5) is 5.95 Å². The van der Waals surface area contributed by atoms with Gasteiger partial charge in [0.15, 0.2) is 5.65 Å². The summed E-state index contributed by atoms with van der Waals surface area (Å²) in [5.74, 6) is 1.44. The predicted molar refractivity (Wildman–Crippen MR) is 161 cm³/mol. The molecule has 2 saturated heterocycles. The predicted octanol–water partition coefficient (Wildman–Crippen LogP) is 3.80. The number of likely N-dealkylation sites (tertiary alicyclic amines) is 1. The number of aromatic nitrogens is 5. The van der Waals surface area contributed by atoms with Crippen LogP contribution in [0.3, 0.4) is 0 Å². The zero-order valence-electron chi connectivity index (χ0n) is 24.1. The summed E-state index contributed by atoms with van der Waals surface area (Å²) in [5, 5.41) is 23.8. The Hall–Kier alpha value is -3.60. The number of rotatable bonds is 6. The fraction of sp³-hybridized carbons (Fsp3) is 0.500. The Morgan fingerprint density at radius 3 is 2.55 bits per heavy atom. The molecule has 0 unspecified atom stereocenters. The molecule has 1 spiro atoms. The summed E-state index contributed by atoms with van der Waals surface area (Å²) in [6.45, 7) is 6.08. The van der Waals surface area contributed by atoms with E-state index in [1.165, 1.54) is 57.4 Å². The second-order valence-electron chi connectivity index (χ2n) is 12.7. The van der Waals surface area contributed by atoms with E-state index in [-0.39, 0.29) is 11.8 Å². The lowest BCUT2D eigenvalue weighted by atomic mass is 9.61. The van der Waals surface area contributed by atoms with E-state index in [4.69, 9.17) is 14.7 Å². The lowest BCUT2D eigenvalue weighted by Gasteiger charge is -2.58. The molecule has 42 heavy (non-hydrogen) atoms. The van der Waals surface area contributed by atoms with Gasteiger partial charge in [0.1, 0.15) is 5.75 Å². The van der Waals surface area contributed by atoms with Gasteiger partial charge in [-0.3, -0.25) is 0 Å². The summed E-state index contributed by atoms with van der Waals surface area (Å²) in [4.78, 5) is 18.3. The smallest absolute Gasteiger partial charge is 0.225 e. The molecule has 1 aromatic carbocycles. The van der Waals surface area contributed by atoms with Crippen LogP contribution in [-0.2, 0) is 11.2 Å². The number of para-hydroxylation sites is 1. The maximum absolute atomic E-state index is 10.4. The van der Waals surface area contributed by atoms with Crippen LogP contribution < -0.4 is 10.2 Å². The Labute approximate surface area is 245 Å². The summed E-state index contributed by atoms with van der Waals surface area (Å²) in [6, 6.07) is 9.96. The van der Waals surface area contributed by atoms with Crippen molar-refractivity contribution < 1.29 is 9.84 Å². The first-order valence-electron chi connectivity index (χ1n) is 15.3. The molecule has 0 bridgehead atoms. The SMILES string of the molecule is COC[C@H]1c2c([nH]c3nnc(-c4ccccc4O)cc23)CCN1c1ncc(C2CCN(C3CC4(CNC4)C3)CC2)cn1. The molecule has 0 radical (unpaired) electrons. The van der Waals surface area contributed by atoms with E-state index in [1.54, 1.807) is 19.2 Å². The Morgan fingerprint density at radius 2 is 1.83 bits per heavy atom. The number of ether oxygens (including phenoxy) is 1. The monoisotopic (exact) mass is 566 g/mol. The number of anilines is 1. The average Bonchev–Trinajstić information content (AvgIpc) is 3.35. The first-order chi connectivity index (χ1) is 20.6. The Balaban J connectivity index is 1.01. The van der Waals surface area contributed by atoms with Gasteiger partial charge in [0.2, 0.25) is 5.95 Å². The Bertz CT molecular complexity index is 1580. The van der Waals surface area contributed by atoms with E-state index in [0.717, 1.165) is 47.2 Å². The number of hydrogen-bond donors (Lipinski definition) is 3. The summed E-state index contributed by atoms with van der Waals surface area (Å²) >= 11 is 0. The van der Waals surface area contributed by atoms with Crippen molar-refractivity contribution in [2.75, 3.05) is 51.3 Å². The molecule has 3 N–H and O–H groups in total. The lowest BCUT2D eigenvalue weighted by molar-refractivity contribution is -0.0432. The highest BCUT2D eigenvalue weighted by atomic mass is 16.5. The average molecular weight is 567 g/mol. The number of H-pyrrole nitrogens is 1. The van der Waals surface area contributed by atoms with Gasteiger partial charge in [-0.2, -0.15) is 0 Å². The van der Waals surface area contributed by atoms with Crippen LogP contribution in [-0.4, -0.2) is 87.6 Å². The van der Waals surface area contributed by atoms with Crippen LogP contribution in [0.5, 0.6) is 5.75 Å². The van der Waals surface area contributed by atoms with E-state index in [1.807, 2.05) is 18.2 Å². The fourth-order valence-electron chi connectivity index (χ4n) is 7.83. The highest BCUT2D eigenvalue weighted by Crippen LogP contribution is 2.47. The van der Waals surface area contributed by atoms with E-state index >= 15 is 0 Å². The summed E-state index contributed by atoms with van der Waals surface area (Å²) < 4.78 is 5.73. The standard InChI is InChI=1S/C32H38N8O2/c1-42-17-27-29-24-12-26(23-4-2-3-5-28(23)41)37-38-30(24)36-25(29)8-11-40(27)31-34-15-21(16-35-31)20-6-9-39(10-7-20)22-13-32(14-22)18-33-19-32/h2-5,12,15-16,20,22,27,33,41H,6-11,13-14,17-19H2,1H3,(H,36,38)/t27-/m0/s1. The van der Waals surface area contributed by atoms with Gasteiger partial charge in [-0.1, -0.05) is 12.1 Å². The molecule has 1 aliphatic carbocycles. The number of fused-ring (bicyclic) bond motifs is 3. The van der Waals surface area contributed by atoms with Gasteiger partial charge < -0.3 is 29.9 Å². The molecule has 6 heterocycles. The summed E-state index contributed by atoms with van der Waals surface area (Å²) in [6.07, 6.45) is 10.0. The van der Waals surface area contributed by atoms with Crippen LogP contribution in [0.15, 0.2) is 42.7 Å². The van der Waals surface area contributed by atoms with Gasteiger partial charge in [0, 0.05) is 73.8 Å². The van der Waals surface area contributed by atoms with Gasteiger partial charge in [-0.05, 0) is 73.9 Å². The van der Waals surface area contributed by atoms with Gasteiger partial charge in [-0.15, -0.1) is 10.2 Å².